The van der Waals surface area contributed by atoms with E-state index in [4.69, 9.17) is 27.9 Å². The average molecular weight is 499 g/mol. The van der Waals surface area contributed by atoms with Crippen molar-refractivity contribution >= 4 is 39.1 Å². The van der Waals surface area contributed by atoms with Crippen LogP contribution in [-0.4, -0.2) is 44.4 Å². The fourth-order valence-electron chi connectivity index (χ4n) is 3.55. The number of hydrogen-bond donors (Lipinski definition) is 1. The summed E-state index contributed by atoms with van der Waals surface area (Å²) in [5.41, 5.74) is 0.939. The van der Waals surface area contributed by atoms with E-state index in [0.29, 0.717) is 46.7 Å². The lowest BCUT2D eigenvalue weighted by molar-refractivity contribution is -0.127. The quantitative estimate of drug-likeness (QED) is 0.572. The van der Waals surface area contributed by atoms with Crippen LogP contribution in [0.3, 0.4) is 0 Å². The van der Waals surface area contributed by atoms with Gasteiger partial charge in [-0.25, -0.2) is 8.42 Å². The summed E-state index contributed by atoms with van der Waals surface area (Å²) in [4.78, 5) is 12.6. The van der Waals surface area contributed by atoms with Crippen LogP contribution in [0.15, 0.2) is 47.4 Å². The molecule has 1 atom stereocenters. The van der Waals surface area contributed by atoms with Crippen LogP contribution in [0.1, 0.15) is 38.2 Å². The molecule has 0 spiro atoms. The zero-order chi connectivity index (χ0) is 23.1. The number of carbonyl (C=O) groups excluding carboxylic acids is 1. The fourth-order valence-corrected chi connectivity index (χ4v) is 5.52. The molecule has 2 aromatic carbocycles. The highest BCUT2D eigenvalue weighted by Gasteiger charge is 2.25. The maximum atomic E-state index is 12.9. The fraction of sp³-hybridized carbons (Fsp3) is 0.435. The predicted molar refractivity (Wildman–Crippen MR) is 127 cm³/mol. The second-order valence-electron chi connectivity index (χ2n) is 7.84. The van der Waals surface area contributed by atoms with Crippen LogP contribution >= 0.6 is 23.2 Å². The van der Waals surface area contributed by atoms with Gasteiger partial charge in [-0.1, -0.05) is 48.2 Å². The van der Waals surface area contributed by atoms with Crippen molar-refractivity contribution in [3.8, 4) is 5.75 Å². The van der Waals surface area contributed by atoms with Gasteiger partial charge in [-0.2, -0.15) is 4.31 Å². The summed E-state index contributed by atoms with van der Waals surface area (Å²) in [6, 6.07) is 11.7. The summed E-state index contributed by atoms with van der Waals surface area (Å²) in [6.45, 7) is 3.21. The van der Waals surface area contributed by atoms with Gasteiger partial charge < -0.3 is 10.1 Å². The first-order valence-corrected chi connectivity index (χ1v) is 13.0. The van der Waals surface area contributed by atoms with E-state index in [1.807, 2.05) is 0 Å². The van der Waals surface area contributed by atoms with Crippen molar-refractivity contribution in [2.24, 2.45) is 0 Å². The Hall–Kier alpha value is -1.80. The van der Waals surface area contributed by atoms with E-state index in [-0.39, 0.29) is 5.91 Å². The smallest absolute Gasteiger partial charge is 0.260 e. The van der Waals surface area contributed by atoms with Gasteiger partial charge in [0.2, 0.25) is 10.0 Å². The Morgan fingerprint density at radius 2 is 1.72 bits per heavy atom. The van der Waals surface area contributed by atoms with E-state index in [1.54, 1.807) is 53.7 Å². The number of amides is 1. The molecule has 3 rings (SSSR count). The number of rotatable bonds is 8. The Labute approximate surface area is 199 Å². The van der Waals surface area contributed by atoms with Crippen molar-refractivity contribution in [2.75, 3.05) is 19.6 Å². The second-order valence-corrected chi connectivity index (χ2v) is 10.6. The standard InChI is InChI=1S/C23H28Cl2N2O4S/c1-17(31-22-11-8-19(24)16-21(22)25)23(28)26-13-12-18-6-9-20(10-7-18)32(29,30)27-14-4-2-3-5-15-27/h6-11,16-17H,2-5,12-15H2,1H3,(H,26,28). The number of hydrogen-bond acceptors (Lipinski definition) is 4. The Morgan fingerprint density at radius 1 is 1.06 bits per heavy atom. The summed E-state index contributed by atoms with van der Waals surface area (Å²) < 4.78 is 32.9. The molecule has 1 heterocycles. The van der Waals surface area contributed by atoms with Gasteiger partial charge in [0.15, 0.2) is 6.10 Å². The van der Waals surface area contributed by atoms with Gasteiger partial charge in [-0.3, -0.25) is 4.79 Å². The van der Waals surface area contributed by atoms with Gasteiger partial charge in [0.25, 0.3) is 5.91 Å². The molecule has 1 amide bonds. The minimum absolute atomic E-state index is 0.267. The topological polar surface area (TPSA) is 75.7 Å². The van der Waals surface area contributed by atoms with Crippen LogP contribution in [0.5, 0.6) is 5.75 Å². The Bertz CT molecular complexity index is 1020. The molecule has 6 nitrogen and oxygen atoms in total. The van der Waals surface area contributed by atoms with Crippen LogP contribution in [0.25, 0.3) is 0 Å². The number of benzene rings is 2. The molecule has 1 N–H and O–H groups in total. The first-order valence-electron chi connectivity index (χ1n) is 10.8. The summed E-state index contributed by atoms with van der Waals surface area (Å²) in [5, 5.41) is 3.66. The molecule has 0 bridgehead atoms. The number of sulfonamides is 1. The van der Waals surface area contributed by atoms with E-state index in [1.165, 1.54) is 0 Å². The maximum absolute atomic E-state index is 12.9. The highest BCUT2D eigenvalue weighted by molar-refractivity contribution is 7.89. The molecule has 1 fully saturated rings. The molecule has 32 heavy (non-hydrogen) atoms. The van der Waals surface area contributed by atoms with E-state index in [2.05, 4.69) is 5.32 Å². The maximum Gasteiger partial charge on any atom is 0.260 e. The van der Waals surface area contributed by atoms with Gasteiger partial charge in [0, 0.05) is 24.7 Å². The second kappa shape index (κ2) is 11.4. The normalized spacial score (nSPS) is 16.2. The SMILES string of the molecule is CC(Oc1ccc(Cl)cc1Cl)C(=O)NCCc1ccc(S(=O)(=O)N2CCCCCC2)cc1. The molecule has 2 aromatic rings. The molecular formula is C23H28Cl2N2O4S. The minimum Gasteiger partial charge on any atom is -0.479 e. The monoisotopic (exact) mass is 498 g/mol. The Morgan fingerprint density at radius 3 is 2.34 bits per heavy atom. The van der Waals surface area contributed by atoms with Crippen molar-refractivity contribution in [1.29, 1.82) is 0 Å². The van der Waals surface area contributed by atoms with Crippen LogP contribution in [0, 0.1) is 0 Å². The molecule has 1 saturated heterocycles. The van der Waals surface area contributed by atoms with Crippen molar-refractivity contribution in [3.63, 3.8) is 0 Å². The third-order valence-corrected chi connectivity index (χ3v) is 7.85. The summed E-state index contributed by atoms with van der Waals surface area (Å²) in [7, 11) is -3.46. The van der Waals surface area contributed by atoms with Gasteiger partial charge in [0.05, 0.1) is 9.92 Å². The Balaban J connectivity index is 1.50. The highest BCUT2D eigenvalue weighted by Crippen LogP contribution is 2.28. The number of nitrogens with one attached hydrogen (secondary N) is 1. The lowest BCUT2D eigenvalue weighted by atomic mass is 10.1. The van der Waals surface area contributed by atoms with Gasteiger partial charge in [-0.15, -0.1) is 0 Å². The molecule has 0 saturated carbocycles. The highest BCUT2D eigenvalue weighted by atomic mass is 35.5. The Kier molecular flexibility index (Phi) is 8.82. The van der Waals surface area contributed by atoms with E-state index in [9.17, 15) is 13.2 Å². The lowest BCUT2D eigenvalue weighted by Crippen LogP contribution is -2.37. The number of carbonyl (C=O) groups is 1. The average Bonchev–Trinajstić information content (AvgIpc) is 3.06. The first-order chi connectivity index (χ1) is 15.3. The van der Waals surface area contributed by atoms with E-state index < -0.39 is 16.1 Å². The molecular weight excluding hydrogens is 471 g/mol. The first kappa shape index (κ1) is 24.8. The van der Waals surface area contributed by atoms with E-state index >= 15 is 0 Å². The van der Waals surface area contributed by atoms with Gasteiger partial charge in [-0.05, 0) is 62.1 Å². The molecule has 0 aromatic heterocycles. The van der Waals surface area contributed by atoms with Crippen molar-refractivity contribution in [1.82, 2.24) is 9.62 Å². The third kappa shape index (κ3) is 6.61. The van der Waals surface area contributed by atoms with Gasteiger partial charge in [0.1, 0.15) is 5.75 Å². The number of halogens is 2. The van der Waals surface area contributed by atoms with Crippen LogP contribution < -0.4 is 10.1 Å². The number of ether oxygens (including phenoxy) is 1. The van der Waals surface area contributed by atoms with Crippen molar-refractivity contribution in [2.45, 2.75) is 50.0 Å². The van der Waals surface area contributed by atoms with Crippen LogP contribution in [0.2, 0.25) is 10.0 Å². The predicted octanol–water partition coefficient (Wildman–Crippen LogP) is 4.68. The molecule has 1 aliphatic rings. The molecule has 0 radical (unpaired) electrons. The van der Waals surface area contributed by atoms with Crippen molar-refractivity contribution in [3.05, 3.63) is 58.1 Å². The van der Waals surface area contributed by atoms with Crippen molar-refractivity contribution < 1.29 is 17.9 Å². The van der Waals surface area contributed by atoms with Crippen LogP contribution in [0.4, 0.5) is 0 Å². The van der Waals surface area contributed by atoms with Crippen LogP contribution in [-0.2, 0) is 21.2 Å². The lowest BCUT2D eigenvalue weighted by Gasteiger charge is -2.20. The number of nitrogens with zero attached hydrogens (tertiary/aromatic N) is 1. The largest absolute Gasteiger partial charge is 0.479 e. The molecule has 1 aliphatic heterocycles. The molecule has 1 unspecified atom stereocenters. The molecule has 9 heteroatoms. The zero-order valence-corrected chi connectivity index (χ0v) is 20.3. The summed E-state index contributed by atoms with van der Waals surface area (Å²) in [6.07, 6.45) is 3.81. The summed E-state index contributed by atoms with van der Waals surface area (Å²) >= 11 is 11.9. The van der Waals surface area contributed by atoms with E-state index in [0.717, 1.165) is 31.2 Å². The zero-order valence-electron chi connectivity index (χ0n) is 18.0. The molecule has 0 aliphatic carbocycles. The third-order valence-electron chi connectivity index (χ3n) is 5.41. The summed E-state index contributed by atoms with van der Waals surface area (Å²) in [5.74, 6) is 0.122. The van der Waals surface area contributed by atoms with Gasteiger partial charge >= 0.3 is 0 Å². The molecule has 174 valence electrons. The minimum atomic E-state index is -3.46.